The van der Waals surface area contributed by atoms with E-state index in [-0.39, 0.29) is 6.09 Å². The Kier molecular flexibility index (Phi) is 6.51. The quantitative estimate of drug-likeness (QED) is 0.777. The van der Waals surface area contributed by atoms with Gasteiger partial charge in [0.15, 0.2) is 0 Å². The molecule has 130 valence electrons. The van der Waals surface area contributed by atoms with Gasteiger partial charge in [-0.05, 0) is 75.0 Å². The molecule has 0 bridgehead atoms. The van der Waals surface area contributed by atoms with Gasteiger partial charge in [0.1, 0.15) is 5.60 Å². The normalized spacial score (nSPS) is 20.9. The molecule has 0 aromatic carbocycles. The fourth-order valence-electron chi connectivity index (χ4n) is 2.77. The summed E-state index contributed by atoms with van der Waals surface area (Å²) in [4.78, 5) is 15.4. The van der Waals surface area contributed by atoms with Crippen molar-refractivity contribution in [2.24, 2.45) is 0 Å². The topological polar surface area (TPSA) is 41.6 Å². The van der Waals surface area contributed by atoms with Crippen LogP contribution in [0.15, 0.2) is 15.9 Å². The maximum Gasteiger partial charge on any atom is 0.410 e. The second-order valence-corrected chi connectivity index (χ2v) is 9.62. The molecule has 0 aliphatic carbocycles. The van der Waals surface area contributed by atoms with Crippen LogP contribution >= 0.6 is 27.3 Å². The van der Waals surface area contributed by atoms with Crippen molar-refractivity contribution in [1.82, 2.24) is 10.2 Å². The zero-order valence-corrected chi connectivity index (χ0v) is 16.8. The summed E-state index contributed by atoms with van der Waals surface area (Å²) in [5.41, 5.74) is -0.428. The van der Waals surface area contributed by atoms with Crippen LogP contribution in [0.25, 0.3) is 0 Å². The molecule has 1 aliphatic rings. The van der Waals surface area contributed by atoms with Gasteiger partial charge in [0.2, 0.25) is 0 Å². The van der Waals surface area contributed by atoms with E-state index in [1.807, 2.05) is 25.7 Å². The van der Waals surface area contributed by atoms with E-state index < -0.39 is 5.60 Å². The van der Waals surface area contributed by atoms with E-state index in [0.29, 0.717) is 12.1 Å². The van der Waals surface area contributed by atoms with Crippen LogP contribution in [0.4, 0.5) is 4.79 Å². The second kappa shape index (κ2) is 7.99. The highest BCUT2D eigenvalue weighted by Crippen LogP contribution is 2.28. The van der Waals surface area contributed by atoms with Gasteiger partial charge in [0.25, 0.3) is 0 Å². The Hall–Kier alpha value is -0.590. The lowest BCUT2D eigenvalue weighted by Crippen LogP contribution is -2.38. The second-order valence-electron chi connectivity index (χ2n) is 7.13. The molecule has 2 rings (SSSR count). The van der Waals surface area contributed by atoms with Gasteiger partial charge in [-0.25, -0.2) is 4.79 Å². The minimum absolute atomic E-state index is 0.187. The van der Waals surface area contributed by atoms with Gasteiger partial charge in [-0.2, -0.15) is 0 Å². The summed E-state index contributed by atoms with van der Waals surface area (Å²) in [6.45, 7) is 9.48. The van der Waals surface area contributed by atoms with E-state index in [1.54, 1.807) is 11.3 Å². The third-order valence-corrected chi connectivity index (χ3v) is 5.69. The molecule has 0 saturated carbocycles. The fourth-order valence-corrected chi connectivity index (χ4v) is 4.20. The van der Waals surface area contributed by atoms with Gasteiger partial charge in [0.05, 0.1) is 3.79 Å². The summed E-state index contributed by atoms with van der Waals surface area (Å²) in [7, 11) is 0. The number of rotatable bonds is 3. The van der Waals surface area contributed by atoms with Crippen LogP contribution in [-0.2, 0) is 4.74 Å². The number of likely N-dealkylation sites (tertiary alicyclic amines) is 1. The van der Waals surface area contributed by atoms with E-state index in [4.69, 9.17) is 4.74 Å². The van der Waals surface area contributed by atoms with Crippen molar-refractivity contribution in [3.05, 3.63) is 20.8 Å². The maximum absolute atomic E-state index is 12.2. The third kappa shape index (κ3) is 6.08. The number of halogens is 1. The minimum atomic E-state index is -0.428. The Balaban J connectivity index is 1.85. The third-order valence-electron chi connectivity index (χ3n) is 3.89. The number of amides is 1. The molecular formula is C17H27BrN2O2S. The first-order valence-corrected chi connectivity index (χ1v) is 9.85. The molecule has 2 unspecified atom stereocenters. The Labute approximate surface area is 151 Å². The number of hydrogen-bond donors (Lipinski definition) is 1. The number of hydrogen-bond acceptors (Lipinski definition) is 4. The zero-order valence-electron chi connectivity index (χ0n) is 14.4. The number of nitrogens with one attached hydrogen (secondary N) is 1. The number of carbonyl (C=O) groups excluding carboxylic acids is 1. The largest absolute Gasteiger partial charge is 0.444 e. The van der Waals surface area contributed by atoms with Gasteiger partial charge in [-0.15, -0.1) is 11.3 Å². The summed E-state index contributed by atoms with van der Waals surface area (Å²) < 4.78 is 6.65. The van der Waals surface area contributed by atoms with Crippen LogP contribution in [0.2, 0.25) is 0 Å². The number of ether oxygens (including phenoxy) is 1. The Morgan fingerprint density at radius 1 is 1.39 bits per heavy atom. The molecule has 1 amide bonds. The van der Waals surface area contributed by atoms with Crippen molar-refractivity contribution < 1.29 is 9.53 Å². The molecule has 23 heavy (non-hydrogen) atoms. The predicted octanol–water partition coefficient (Wildman–Crippen LogP) is 4.95. The summed E-state index contributed by atoms with van der Waals surface area (Å²) in [5.74, 6) is 0. The summed E-state index contributed by atoms with van der Waals surface area (Å²) in [6.07, 6.45) is 2.89. The highest BCUT2D eigenvalue weighted by molar-refractivity contribution is 9.11. The predicted molar refractivity (Wildman–Crippen MR) is 99.0 cm³/mol. The number of nitrogens with zero attached hydrogens (tertiary/aromatic N) is 1. The molecule has 0 spiro atoms. The molecule has 1 aliphatic heterocycles. The van der Waals surface area contributed by atoms with Crippen LogP contribution < -0.4 is 5.32 Å². The molecular weight excluding hydrogens is 376 g/mol. The van der Waals surface area contributed by atoms with Gasteiger partial charge in [-0.1, -0.05) is 0 Å². The van der Waals surface area contributed by atoms with E-state index in [9.17, 15) is 4.79 Å². The van der Waals surface area contributed by atoms with Crippen molar-refractivity contribution in [3.63, 3.8) is 0 Å². The van der Waals surface area contributed by atoms with Gasteiger partial charge in [0, 0.05) is 30.1 Å². The highest BCUT2D eigenvalue weighted by Gasteiger charge is 2.25. The molecule has 0 radical (unpaired) electrons. The van der Waals surface area contributed by atoms with Crippen molar-refractivity contribution >= 4 is 33.4 Å². The molecule has 1 fully saturated rings. The van der Waals surface area contributed by atoms with Gasteiger partial charge >= 0.3 is 6.09 Å². The van der Waals surface area contributed by atoms with Crippen molar-refractivity contribution in [3.8, 4) is 0 Å². The molecule has 6 heteroatoms. The van der Waals surface area contributed by atoms with E-state index >= 15 is 0 Å². The Morgan fingerprint density at radius 3 is 2.74 bits per heavy atom. The van der Waals surface area contributed by atoms with Gasteiger partial charge < -0.3 is 15.0 Å². The highest BCUT2D eigenvalue weighted by atomic mass is 79.9. The van der Waals surface area contributed by atoms with Crippen LogP contribution in [0.1, 0.15) is 57.9 Å². The average molecular weight is 403 g/mol. The maximum atomic E-state index is 12.2. The lowest BCUT2D eigenvalue weighted by Gasteiger charge is -2.26. The Morgan fingerprint density at radius 2 is 2.13 bits per heavy atom. The first-order chi connectivity index (χ1) is 10.7. The lowest BCUT2D eigenvalue weighted by atomic mass is 10.1. The SMILES string of the molecule is CC(NC1CCCN(C(=O)OC(C)(C)C)CC1)c1ccc(Br)s1. The fraction of sp³-hybridized carbons (Fsp3) is 0.706. The number of carbonyl (C=O) groups is 1. The van der Waals surface area contributed by atoms with Crippen molar-refractivity contribution in [2.45, 2.75) is 64.6 Å². The first kappa shape index (κ1) is 18.7. The van der Waals surface area contributed by atoms with Gasteiger partial charge in [-0.3, -0.25) is 0 Å². The van der Waals surface area contributed by atoms with Crippen LogP contribution in [0, 0.1) is 0 Å². The molecule has 1 saturated heterocycles. The monoisotopic (exact) mass is 402 g/mol. The molecule has 1 N–H and O–H groups in total. The van der Waals surface area contributed by atoms with Crippen molar-refractivity contribution in [1.29, 1.82) is 0 Å². The molecule has 2 heterocycles. The zero-order chi connectivity index (χ0) is 17.0. The Bertz CT molecular complexity index is 527. The summed E-state index contributed by atoms with van der Waals surface area (Å²) in [6, 6.07) is 5.04. The van der Waals surface area contributed by atoms with Crippen molar-refractivity contribution in [2.75, 3.05) is 13.1 Å². The van der Waals surface area contributed by atoms with E-state index in [0.717, 1.165) is 36.1 Å². The minimum Gasteiger partial charge on any atom is -0.444 e. The van der Waals surface area contributed by atoms with E-state index in [2.05, 4.69) is 40.3 Å². The standard InChI is InChI=1S/C17H27BrN2O2S/c1-12(14-7-8-15(18)23-14)19-13-6-5-10-20(11-9-13)16(21)22-17(2,3)4/h7-8,12-13,19H,5-6,9-11H2,1-4H3. The molecule has 1 aromatic rings. The summed E-state index contributed by atoms with van der Waals surface area (Å²) >= 11 is 5.29. The number of thiophene rings is 1. The summed E-state index contributed by atoms with van der Waals surface area (Å²) in [5, 5.41) is 3.71. The average Bonchev–Trinajstić information content (AvgIpc) is 2.73. The van der Waals surface area contributed by atoms with Crippen LogP contribution in [-0.4, -0.2) is 35.7 Å². The smallest absolute Gasteiger partial charge is 0.410 e. The van der Waals surface area contributed by atoms with Crippen LogP contribution in [0.3, 0.4) is 0 Å². The van der Waals surface area contributed by atoms with Crippen LogP contribution in [0.5, 0.6) is 0 Å². The first-order valence-electron chi connectivity index (χ1n) is 8.24. The molecule has 4 nitrogen and oxygen atoms in total. The van der Waals surface area contributed by atoms with E-state index in [1.165, 1.54) is 4.88 Å². The molecule has 2 atom stereocenters. The lowest BCUT2D eigenvalue weighted by molar-refractivity contribution is 0.0256. The molecule has 1 aromatic heterocycles.